The molecule has 156 valence electrons. The Hall–Kier alpha value is -4.00. The van der Waals surface area contributed by atoms with Crippen LogP contribution in [-0.4, -0.2) is 35.9 Å². The zero-order valence-electron chi connectivity index (χ0n) is 16.8. The molecule has 6 nitrogen and oxygen atoms in total. The molecule has 3 aromatic carbocycles. The molecule has 1 aliphatic heterocycles. The Morgan fingerprint density at radius 2 is 1.71 bits per heavy atom. The van der Waals surface area contributed by atoms with Crippen LogP contribution >= 0.6 is 0 Å². The van der Waals surface area contributed by atoms with Crippen LogP contribution in [0.25, 0.3) is 0 Å². The maximum Gasteiger partial charge on any atom is 0.304 e. The Balaban J connectivity index is 1.66. The van der Waals surface area contributed by atoms with Gasteiger partial charge in [-0.05, 0) is 48.5 Å². The molecule has 0 spiro atoms. The number of benzene rings is 3. The maximum atomic E-state index is 13.2. The summed E-state index contributed by atoms with van der Waals surface area (Å²) in [5.41, 5.74) is 4.82. The maximum absolute atomic E-state index is 13.2. The van der Waals surface area contributed by atoms with Crippen LogP contribution in [-0.2, 0) is 4.79 Å². The van der Waals surface area contributed by atoms with Crippen molar-refractivity contribution in [2.75, 3.05) is 7.11 Å². The van der Waals surface area contributed by atoms with E-state index >= 15 is 0 Å². The fourth-order valence-electron chi connectivity index (χ4n) is 3.51. The molecule has 3 aromatic rings. The van der Waals surface area contributed by atoms with Crippen molar-refractivity contribution in [1.29, 1.82) is 0 Å². The smallest absolute Gasteiger partial charge is 0.304 e. The number of hydrazone groups is 1. The van der Waals surface area contributed by atoms with E-state index in [2.05, 4.69) is 10.7 Å². The zero-order chi connectivity index (χ0) is 21.8. The highest BCUT2D eigenvalue weighted by Gasteiger charge is 2.47. The first kappa shape index (κ1) is 20.3. The highest BCUT2D eigenvalue weighted by atomic mass is 19.1. The normalized spacial score (nSPS) is 19.2. The minimum Gasteiger partial charge on any atom is -0.497 e. The van der Waals surface area contributed by atoms with Crippen LogP contribution in [0.15, 0.2) is 78.9 Å². The second-order valence-electron chi connectivity index (χ2n) is 7.10. The molecule has 0 radical (unpaired) electrons. The summed E-state index contributed by atoms with van der Waals surface area (Å²) in [6, 6.07) is 20.7. The number of carbonyl (C=O) groups is 2. The van der Waals surface area contributed by atoms with Crippen molar-refractivity contribution in [3.05, 3.63) is 101 Å². The molecule has 1 heterocycles. The number of rotatable bonds is 5. The van der Waals surface area contributed by atoms with Gasteiger partial charge in [-0.2, -0.15) is 0 Å². The molecule has 0 aromatic heterocycles. The second kappa shape index (κ2) is 8.79. The quantitative estimate of drug-likeness (QED) is 0.626. The van der Waals surface area contributed by atoms with Gasteiger partial charge in [0.15, 0.2) is 6.04 Å². The van der Waals surface area contributed by atoms with Crippen molar-refractivity contribution in [1.82, 2.24) is 10.7 Å². The molecule has 0 aliphatic carbocycles. The summed E-state index contributed by atoms with van der Waals surface area (Å²) in [6.07, 6.45) is 1.80. The van der Waals surface area contributed by atoms with Gasteiger partial charge in [0, 0.05) is 16.7 Å². The Labute approximate surface area is 179 Å². The molecular weight excluding hydrogens is 397 g/mol. The van der Waals surface area contributed by atoms with E-state index in [1.54, 1.807) is 18.0 Å². The fourth-order valence-corrected chi connectivity index (χ4v) is 3.51. The summed E-state index contributed by atoms with van der Waals surface area (Å²) in [4.78, 5) is 25.5. The van der Waals surface area contributed by atoms with Crippen LogP contribution in [0.4, 0.5) is 4.39 Å². The molecule has 7 heteroatoms. The lowest BCUT2D eigenvalue weighted by Gasteiger charge is -2.14. The van der Waals surface area contributed by atoms with Crippen molar-refractivity contribution in [3.8, 4) is 5.75 Å². The molecule has 4 rings (SSSR count). The SMILES string of the molecule is COc1ccc(/C=[N+]2\NC(=O)[C@@H](NC(=O)c3ccc(F)cc3)[C@H]2c2ccccc2)cc1. The Morgan fingerprint density at radius 3 is 2.35 bits per heavy atom. The van der Waals surface area contributed by atoms with Crippen LogP contribution in [0.1, 0.15) is 27.5 Å². The summed E-state index contributed by atoms with van der Waals surface area (Å²) in [5.74, 6) is -0.495. The molecule has 2 amide bonds. The Bertz CT molecular complexity index is 1110. The van der Waals surface area contributed by atoms with E-state index in [1.165, 1.54) is 24.3 Å². The lowest BCUT2D eigenvalue weighted by Crippen LogP contribution is -2.42. The van der Waals surface area contributed by atoms with Crippen LogP contribution in [0, 0.1) is 5.82 Å². The van der Waals surface area contributed by atoms with Crippen LogP contribution in [0.2, 0.25) is 0 Å². The largest absolute Gasteiger partial charge is 0.497 e. The highest BCUT2D eigenvalue weighted by molar-refractivity contribution is 5.98. The standard InChI is InChI=1S/C24H20FN3O3/c1-31-20-13-7-16(8-14-20)15-28-22(17-5-3-2-4-6-17)21(24(30)27-28)26-23(29)18-9-11-19(25)12-10-18/h2-15,21-22H,1H3,(H-,26,27,29,30)/p+1/b28-15-/t21-,22+/m0/s1. The molecule has 0 saturated carbocycles. The third-order valence-corrected chi connectivity index (χ3v) is 5.08. The molecule has 31 heavy (non-hydrogen) atoms. The van der Waals surface area contributed by atoms with E-state index < -0.39 is 23.8 Å². The second-order valence-corrected chi connectivity index (χ2v) is 7.10. The Morgan fingerprint density at radius 1 is 1.03 bits per heavy atom. The summed E-state index contributed by atoms with van der Waals surface area (Å²) in [7, 11) is 1.60. The van der Waals surface area contributed by atoms with Gasteiger partial charge in [-0.15, -0.1) is 10.1 Å². The summed E-state index contributed by atoms with van der Waals surface area (Å²) in [5, 5.41) is 2.79. The predicted octanol–water partition coefficient (Wildman–Crippen LogP) is 2.85. The number of hydrogen-bond acceptors (Lipinski definition) is 3. The number of halogens is 1. The zero-order valence-corrected chi connectivity index (χ0v) is 16.8. The first-order chi connectivity index (χ1) is 15.0. The molecular formula is C24H21FN3O3+. The molecule has 0 bridgehead atoms. The molecule has 1 aliphatic rings. The highest BCUT2D eigenvalue weighted by Crippen LogP contribution is 2.25. The van der Waals surface area contributed by atoms with Gasteiger partial charge in [0.2, 0.25) is 12.3 Å². The van der Waals surface area contributed by atoms with Gasteiger partial charge in [0.25, 0.3) is 5.91 Å². The summed E-state index contributed by atoms with van der Waals surface area (Å²) >= 11 is 0. The number of nitrogens with one attached hydrogen (secondary N) is 2. The van der Waals surface area contributed by atoms with Crippen molar-refractivity contribution in [3.63, 3.8) is 0 Å². The van der Waals surface area contributed by atoms with Gasteiger partial charge in [0.1, 0.15) is 11.6 Å². The van der Waals surface area contributed by atoms with Gasteiger partial charge in [-0.1, -0.05) is 30.3 Å². The van der Waals surface area contributed by atoms with Gasteiger partial charge >= 0.3 is 5.91 Å². The van der Waals surface area contributed by atoms with E-state index in [0.29, 0.717) is 0 Å². The average Bonchev–Trinajstić information content (AvgIpc) is 3.09. The number of ether oxygens (including phenoxy) is 1. The summed E-state index contributed by atoms with van der Waals surface area (Å²) in [6.45, 7) is 0. The van der Waals surface area contributed by atoms with Gasteiger partial charge < -0.3 is 10.1 Å². The lowest BCUT2D eigenvalue weighted by molar-refractivity contribution is -0.596. The lowest BCUT2D eigenvalue weighted by atomic mass is 10.00. The number of hydrogen-bond donors (Lipinski definition) is 2. The number of hydrazine groups is 1. The van der Waals surface area contributed by atoms with Crippen LogP contribution in [0.5, 0.6) is 5.75 Å². The molecule has 1 saturated heterocycles. The third kappa shape index (κ3) is 4.45. The molecule has 2 atom stereocenters. The molecule has 2 N–H and O–H groups in total. The number of amides is 2. The first-order valence-corrected chi connectivity index (χ1v) is 9.74. The monoisotopic (exact) mass is 418 g/mol. The topological polar surface area (TPSA) is 70.4 Å². The van der Waals surface area contributed by atoms with Crippen molar-refractivity contribution in [2.24, 2.45) is 0 Å². The van der Waals surface area contributed by atoms with Gasteiger partial charge in [0.05, 0.1) is 7.11 Å². The summed E-state index contributed by atoms with van der Waals surface area (Å²) < 4.78 is 20.1. The fraction of sp³-hybridized carbons (Fsp3) is 0.125. The van der Waals surface area contributed by atoms with Crippen molar-refractivity contribution < 1.29 is 23.4 Å². The minimum absolute atomic E-state index is 0.276. The number of nitrogens with zero attached hydrogens (tertiary/aromatic N) is 1. The third-order valence-electron chi connectivity index (χ3n) is 5.08. The molecule has 0 unspecified atom stereocenters. The number of methoxy groups -OCH3 is 1. The van der Waals surface area contributed by atoms with Gasteiger partial charge in [-0.3, -0.25) is 9.59 Å². The van der Waals surface area contributed by atoms with Crippen LogP contribution in [0.3, 0.4) is 0 Å². The predicted molar refractivity (Wildman–Crippen MR) is 113 cm³/mol. The van der Waals surface area contributed by atoms with Crippen LogP contribution < -0.4 is 15.5 Å². The first-order valence-electron chi connectivity index (χ1n) is 9.74. The van der Waals surface area contributed by atoms with E-state index in [0.717, 1.165) is 16.9 Å². The average molecular weight is 418 g/mol. The number of carbonyl (C=O) groups excluding carboxylic acids is 2. The minimum atomic E-state index is -0.838. The van der Waals surface area contributed by atoms with E-state index in [-0.39, 0.29) is 11.5 Å². The van der Waals surface area contributed by atoms with E-state index in [9.17, 15) is 14.0 Å². The van der Waals surface area contributed by atoms with Crippen molar-refractivity contribution >= 4 is 18.0 Å². The molecule has 1 fully saturated rings. The van der Waals surface area contributed by atoms with E-state index in [4.69, 9.17) is 4.74 Å². The van der Waals surface area contributed by atoms with E-state index in [1.807, 2.05) is 54.6 Å². The van der Waals surface area contributed by atoms with Crippen molar-refractivity contribution in [2.45, 2.75) is 12.1 Å². The Kier molecular flexibility index (Phi) is 5.75. The van der Waals surface area contributed by atoms with Gasteiger partial charge in [-0.25, -0.2) is 4.39 Å².